The number of nitrogens with two attached hydrogens (primary N) is 1. The van der Waals surface area contributed by atoms with E-state index in [-0.39, 0.29) is 0 Å². The molecule has 3 N–H and O–H groups in total. The molecule has 2 rings (SSSR count). The van der Waals surface area contributed by atoms with Crippen LogP contribution in [0.2, 0.25) is 0 Å². The number of benzene rings is 1. The minimum Gasteiger partial charge on any atom is -0.396 e. The van der Waals surface area contributed by atoms with Gasteiger partial charge in [0.1, 0.15) is 0 Å². The quantitative estimate of drug-likeness (QED) is 0.867. The first-order valence-electron chi connectivity index (χ1n) is 6.08. The molecule has 0 amide bonds. The van der Waals surface area contributed by atoms with Crippen LogP contribution < -0.4 is 11.1 Å². The molecule has 0 radical (unpaired) electrons. The van der Waals surface area contributed by atoms with Crippen LogP contribution in [0.5, 0.6) is 0 Å². The molecule has 1 heterocycles. The van der Waals surface area contributed by atoms with Crippen molar-refractivity contribution in [3.05, 3.63) is 30.5 Å². The zero-order valence-corrected chi connectivity index (χ0v) is 11.6. The zero-order valence-electron chi connectivity index (χ0n) is 10.8. The van der Waals surface area contributed by atoms with Gasteiger partial charge in [0.2, 0.25) is 0 Å². The summed E-state index contributed by atoms with van der Waals surface area (Å²) in [6, 6.07) is 8.07. The minimum absolute atomic E-state index is 0.617. The van der Waals surface area contributed by atoms with Crippen LogP contribution in [0.1, 0.15) is 6.92 Å². The molecule has 0 aliphatic heterocycles. The van der Waals surface area contributed by atoms with E-state index in [1.54, 1.807) is 6.20 Å². The maximum absolute atomic E-state index is 6.02. The third-order valence-corrected chi connectivity index (χ3v) is 3.79. The molecular formula is C14H19N3S. The largest absolute Gasteiger partial charge is 0.396 e. The Kier molecular flexibility index (Phi) is 4.31. The topological polar surface area (TPSA) is 50.9 Å². The molecule has 3 nitrogen and oxygen atoms in total. The molecule has 0 fully saturated rings. The van der Waals surface area contributed by atoms with Gasteiger partial charge < -0.3 is 11.1 Å². The molecule has 1 atom stereocenters. The van der Waals surface area contributed by atoms with Gasteiger partial charge in [-0.05, 0) is 24.0 Å². The Morgan fingerprint density at radius 2 is 2.17 bits per heavy atom. The highest BCUT2D eigenvalue weighted by atomic mass is 32.2. The van der Waals surface area contributed by atoms with E-state index < -0.39 is 0 Å². The molecule has 0 saturated heterocycles. The molecule has 4 heteroatoms. The Bertz CT molecular complexity index is 527. The predicted octanol–water partition coefficient (Wildman–Crippen LogP) is 3.23. The smallest absolute Gasteiger partial charge is 0.0743 e. The second-order valence-electron chi connectivity index (χ2n) is 4.55. The van der Waals surface area contributed by atoms with Crippen LogP contribution in [0.25, 0.3) is 10.9 Å². The van der Waals surface area contributed by atoms with E-state index in [1.165, 1.54) is 0 Å². The summed E-state index contributed by atoms with van der Waals surface area (Å²) in [6.45, 7) is 3.17. The Balaban J connectivity index is 2.23. The summed E-state index contributed by atoms with van der Waals surface area (Å²) in [5.41, 5.74) is 8.72. The molecular weight excluding hydrogens is 242 g/mol. The van der Waals surface area contributed by atoms with Crippen molar-refractivity contribution in [2.75, 3.05) is 29.6 Å². The lowest BCUT2D eigenvalue weighted by Gasteiger charge is -2.15. The molecule has 18 heavy (non-hydrogen) atoms. The summed E-state index contributed by atoms with van der Waals surface area (Å²) in [5.74, 6) is 1.77. The van der Waals surface area contributed by atoms with Crippen LogP contribution in [-0.4, -0.2) is 23.5 Å². The van der Waals surface area contributed by atoms with E-state index in [1.807, 2.05) is 30.0 Å². The first kappa shape index (κ1) is 13.0. The summed E-state index contributed by atoms with van der Waals surface area (Å²) >= 11 is 1.87. The molecule has 1 unspecified atom stereocenters. The summed E-state index contributed by atoms with van der Waals surface area (Å²) in [6.07, 6.45) is 3.86. The van der Waals surface area contributed by atoms with Crippen LogP contribution in [-0.2, 0) is 0 Å². The third kappa shape index (κ3) is 2.88. The number of para-hydroxylation sites is 1. The third-order valence-electron chi connectivity index (χ3n) is 2.88. The van der Waals surface area contributed by atoms with Crippen molar-refractivity contribution in [2.24, 2.45) is 5.92 Å². The van der Waals surface area contributed by atoms with Gasteiger partial charge >= 0.3 is 0 Å². The van der Waals surface area contributed by atoms with Gasteiger partial charge in [0.25, 0.3) is 0 Å². The number of fused-ring (bicyclic) bond motifs is 1. The molecule has 0 bridgehead atoms. The lowest BCUT2D eigenvalue weighted by Crippen LogP contribution is -2.14. The van der Waals surface area contributed by atoms with Crippen LogP contribution in [0.4, 0.5) is 11.4 Å². The highest BCUT2D eigenvalue weighted by Crippen LogP contribution is 2.27. The number of pyridine rings is 1. The fraction of sp³-hybridized carbons (Fsp3) is 0.357. The van der Waals surface area contributed by atoms with Gasteiger partial charge in [-0.3, -0.25) is 4.98 Å². The summed E-state index contributed by atoms with van der Waals surface area (Å²) in [7, 11) is 0. The van der Waals surface area contributed by atoms with Gasteiger partial charge in [-0.15, -0.1) is 0 Å². The molecule has 96 valence electrons. The van der Waals surface area contributed by atoms with Crippen molar-refractivity contribution in [1.82, 2.24) is 4.98 Å². The van der Waals surface area contributed by atoms with Crippen molar-refractivity contribution in [3.8, 4) is 0 Å². The number of thioether (sulfide) groups is 1. The number of nitrogens with one attached hydrogen (secondary N) is 1. The van der Waals surface area contributed by atoms with E-state index in [9.17, 15) is 0 Å². The van der Waals surface area contributed by atoms with Gasteiger partial charge in [0, 0.05) is 11.9 Å². The predicted molar refractivity (Wildman–Crippen MR) is 82.2 cm³/mol. The number of anilines is 2. The van der Waals surface area contributed by atoms with Crippen molar-refractivity contribution in [1.29, 1.82) is 0 Å². The molecule has 0 aliphatic carbocycles. The summed E-state index contributed by atoms with van der Waals surface area (Å²) in [4.78, 5) is 4.34. The maximum atomic E-state index is 6.02. The van der Waals surface area contributed by atoms with Gasteiger partial charge in [-0.25, -0.2) is 0 Å². The lowest BCUT2D eigenvalue weighted by atomic mass is 10.1. The van der Waals surface area contributed by atoms with Crippen LogP contribution in [0, 0.1) is 5.92 Å². The van der Waals surface area contributed by atoms with E-state index in [0.717, 1.165) is 28.9 Å². The Morgan fingerprint density at radius 1 is 1.39 bits per heavy atom. The average molecular weight is 261 g/mol. The SMILES string of the molecule is CSCC(C)CNc1c(N)cnc2ccccc12. The van der Waals surface area contributed by atoms with Crippen LogP contribution in [0.15, 0.2) is 30.5 Å². The normalized spacial score (nSPS) is 12.6. The zero-order chi connectivity index (χ0) is 13.0. The molecule has 1 aromatic heterocycles. The maximum Gasteiger partial charge on any atom is 0.0743 e. The van der Waals surface area contributed by atoms with Gasteiger partial charge in [-0.1, -0.05) is 25.1 Å². The highest BCUT2D eigenvalue weighted by Gasteiger charge is 2.07. The monoisotopic (exact) mass is 261 g/mol. The number of nitrogens with zero attached hydrogens (tertiary/aromatic N) is 1. The van der Waals surface area contributed by atoms with Gasteiger partial charge in [0.05, 0.1) is 23.1 Å². The van der Waals surface area contributed by atoms with Crippen LogP contribution in [0.3, 0.4) is 0 Å². The summed E-state index contributed by atoms with van der Waals surface area (Å²) < 4.78 is 0. The lowest BCUT2D eigenvalue weighted by molar-refractivity contribution is 0.702. The van der Waals surface area contributed by atoms with E-state index in [4.69, 9.17) is 5.73 Å². The molecule has 1 aromatic carbocycles. The Hall–Kier alpha value is -1.42. The molecule has 0 spiro atoms. The summed E-state index contributed by atoms with van der Waals surface area (Å²) in [5, 5.41) is 4.55. The average Bonchev–Trinajstić information content (AvgIpc) is 2.38. The minimum atomic E-state index is 0.617. The Morgan fingerprint density at radius 3 is 2.94 bits per heavy atom. The first-order chi connectivity index (χ1) is 8.72. The second kappa shape index (κ2) is 5.96. The highest BCUT2D eigenvalue weighted by molar-refractivity contribution is 7.98. The number of nitrogen functional groups attached to an aromatic ring is 1. The van der Waals surface area contributed by atoms with Crippen molar-refractivity contribution >= 4 is 34.0 Å². The van der Waals surface area contributed by atoms with Crippen molar-refractivity contribution < 1.29 is 0 Å². The molecule has 0 saturated carbocycles. The van der Waals surface area contributed by atoms with Crippen LogP contribution >= 0.6 is 11.8 Å². The number of rotatable bonds is 5. The standard InChI is InChI=1S/C14H19N3S/c1-10(9-18-2)7-17-14-11-5-3-4-6-13(11)16-8-12(14)15/h3-6,8,10H,7,9,15H2,1-2H3,(H,16,17). The van der Waals surface area contributed by atoms with Gasteiger partial charge in [0.15, 0.2) is 0 Å². The van der Waals surface area contributed by atoms with E-state index in [0.29, 0.717) is 11.6 Å². The molecule has 0 aliphatic rings. The fourth-order valence-corrected chi connectivity index (χ4v) is 2.66. The van der Waals surface area contributed by atoms with E-state index >= 15 is 0 Å². The van der Waals surface area contributed by atoms with Crippen molar-refractivity contribution in [3.63, 3.8) is 0 Å². The Labute approximate surface area is 112 Å². The second-order valence-corrected chi connectivity index (χ2v) is 5.46. The van der Waals surface area contributed by atoms with Gasteiger partial charge in [-0.2, -0.15) is 11.8 Å². The number of aromatic nitrogens is 1. The first-order valence-corrected chi connectivity index (χ1v) is 7.47. The number of hydrogen-bond acceptors (Lipinski definition) is 4. The number of hydrogen-bond donors (Lipinski definition) is 2. The fourth-order valence-electron chi connectivity index (χ4n) is 1.97. The van der Waals surface area contributed by atoms with E-state index in [2.05, 4.69) is 29.5 Å². The molecule has 2 aromatic rings. The van der Waals surface area contributed by atoms with Crippen molar-refractivity contribution in [2.45, 2.75) is 6.92 Å².